The SMILES string of the molecule is CCCC[Si](O)CCCc1ccccc1. The molecule has 1 N–H and O–H groups in total. The van der Waals surface area contributed by atoms with E-state index in [9.17, 15) is 4.80 Å². The minimum absolute atomic E-state index is 1.02. The molecule has 0 amide bonds. The van der Waals surface area contributed by atoms with Crippen LogP contribution in [0.25, 0.3) is 0 Å². The summed E-state index contributed by atoms with van der Waals surface area (Å²) < 4.78 is 0. The highest BCUT2D eigenvalue weighted by Crippen LogP contribution is 2.09. The number of hydrogen-bond donors (Lipinski definition) is 1. The number of aryl methyl sites for hydroxylation is 1. The highest BCUT2D eigenvalue weighted by Gasteiger charge is 2.06. The summed E-state index contributed by atoms with van der Waals surface area (Å²) in [6, 6.07) is 12.6. The first-order valence-electron chi connectivity index (χ1n) is 5.90. The Hall–Kier alpha value is -0.603. The van der Waals surface area contributed by atoms with Gasteiger partial charge in [-0.25, -0.2) is 0 Å². The molecule has 15 heavy (non-hydrogen) atoms. The summed E-state index contributed by atoms with van der Waals surface area (Å²) in [5, 5.41) is 0. The molecule has 0 aromatic heterocycles. The Kier molecular flexibility index (Phi) is 6.36. The van der Waals surface area contributed by atoms with Crippen molar-refractivity contribution in [3.8, 4) is 0 Å². The molecule has 0 saturated carbocycles. The van der Waals surface area contributed by atoms with E-state index < -0.39 is 9.04 Å². The van der Waals surface area contributed by atoms with Gasteiger partial charge in [-0.05, 0) is 30.5 Å². The van der Waals surface area contributed by atoms with Gasteiger partial charge in [-0.3, -0.25) is 0 Å². The normalized spacial score (nSPS) is 10.9. The monoisotopic (exact) mass is 221 g/mol. The van der Waals surface area contributed by atoms with Crippen LogP contribution < -0.4 is 0 Å². The molecule has 0 fully saturated rings. The van der Waals surface area contributed by atoms with Crippen LogP contribution in [0.15, 0.2) is 30.3 Å². The summed E-state index contributed by atoms with van der Waals surface area (Å²) >= 11 is 0. The second kappa shape index (κ2) is 7.66. The fraction of sp³-hybridized carbons (Fsp3) is 0.538. The van der Waals surface area contributed by atoms with Crippen LogP contribution in [-0.4, -0.2) is 13.8 Å². The summed E-state index contributed by atoms with van der Waals surface area (Å²) in [5.74, 6) is 0. The third kappa shape index (κ3) is 5.75. The molecule has 2 heteroatoms. The summed E-state index contributed by atoms with van der Waals surface area (Å²) in [6.07, 6.45) is 4.64. The zero-order chi connectivity index (χ0) is 10.9. The Morgan fingerprint density at radius 3 is 2.40 bits per heavy atom. The predicted octanol–water partition coefficient (Wildman–Crippen LogP) is 3.40. The van der Waals surface area contributed by atoms with Crippen molar-refractivity contribution in [1.82, 2.24) is 0 Å². The van der Waals surface area contributed by atoms with Crippen LogP contribution in [0.3, 0.4) is 0 Å². The maximum atomic E-state index is 9.76. The van der Waals surface area contributed by atoms with Crippen molar-refractivity contribution in [3.05, 3.63) is 35.9 Å². The summed E-state index contributed by atoms with van der Waals surface area (Å²) in [6.45, 7) is 2.18. The lowest BCUT2D eigenvalue weighted by Crippen LogP contribution is -2.11. The molecule has 1 radical (unpaired) electrons. The van der Waals surface area contributed by atoms with Crippen molar-refractivity contribution in [1.29, 1.82) is 0 Å². The standard InChI is InChI=1S/C13H21OSi/c1-2-3-11-15(14)12-7-10-13-8-5-4-6-9-13/h4-6,8-9,14H,2-3,7,10-12H2,1H3. The van der Waals surface area contributed by atoms with Crippen LogP contribution in [0, 0.1) is 0 Å². The van der Waals surface area contributed by atoms with Gasteiger partial charge in [0.1, 0.15) is 0 Å². The molecule has 0 spiro atoms. The average molecular weight is 221 g/mol. The lowest BCUT2D eigenvalue weighted by atomic mass is 10.1. The molecule has 0 heterocycles. The van der Waals surface area contributed by atoms with Gasteiger partial charge in [-0.15, -0.1) is 0 Å². The molecule has 1 aromatic carbocycles. The van der Waals surface area contributed by atoms with E-state index in [1.54, 1.807) is 0 Å². The van der Waals surface area contributed by atoms with Gasteiger partial charge in [0, 0.05) is 0 Å². The first kappa shape index (κ1) is 12.5. The van der Waals surface area contributed by atoms with Crippen molar-refractivity contribution in [2.75, 3.05) is 0 Å². The van der Waals surface area contributed by atoms with Crippen LogP contribution in [0.1, 0.15) is 31.7 Å². The number of unbranched alkanes of at least 4 members (excludes halogenated alkanes) is 1. The Morgan fingerprint density at radius 1 is 1.07 bits per heavy atom. The van der Waals surface area contributed by atoms with Crippen LogP contribution in [0.4, 0.5) is 0 Å². The van der Waals surface area contributed by atoms with Gasteiger partial charge in [-0.1, -0.05) is 50.1 Å². The van der Waals surface area contributed by atoms with Crippen LogP contribution in [0.2, 0.25) is 12.1 Å². The maximum Gasteiger partial charge on any atom is 0.206 e. The van der Waals surface area contributed by atoms with Gasteiger partial charge in [0.2, 0.25) is 9.04 Å². The molecule has 0 aliphatic heterocycles. The van der Waals surface area contributed by atoms with Gasteiger partial charge in [0.05, 0.1) is 0 Å². The molecule has 83 valence electrons. The molecule has 0 bridgehead atoms. The second-order valence-corrected chi connectivity index (χ2v) is 6.14. The Balaban J connectivity index is 2.11. The highest BCUT2D eigenvalue weighted by molar-refractivity contribution is 6.50. The molecule has 0 unspecified atom stereocenters. The summed E-state index contributed by atoms with van der Waals surface area (Å²) in [7, 11) is -1.02. The maximum absolute atomic E-state index is 9.76. The smallest absolute Gasteiger partial charge is 0.206 e. The zero-order valence-electron chi connectivity index (χ0n) is 9.58. The van der Waals surface area contributed by atoms with Crippen LogP contribution in [0.5, 0.6) is 0 Å². The molecular formula is C13H21OSi. The molecule has 0 saturated heterocycles. The van der Waals surface area contributed by atoms with Crippen molar-refractivity contribution in [2.45, 2.75) is 44.7 Å². The molecule has 0 aliphatic carbocycles. The van der Waals surface area contributed by atoms with Gasteiger partial charge >= 0.3 is 0 Å². The van der Waals surface area contributed by atoms with Crippen molar-refractivity contribution >= 4 is 9.04 Å². The van der Waals surface area contributed by atoms with E-state index in [4.69, 9.17) is 0 Å². The van der Waals surface area contributed by atoms with Gasteiger partial charge in [-0.2, -0.15) is 0 Å². The Morgan fingerprint density at radius 2 is 1.73 bits per heavy atom. The van der Waals surface area contributed by atoms with Crippen LogP contribution >= 0.6 is 0 Å². The molecule has 0 aliphatic rings. The average Bonchev–Trinajstić information content (AvgIpc) is 2.28. The van der Waals surface area contributed by atoms with Crippen LogP contribution in [-0.2, 0) is 6.42 Å². The number of benzene rings is 1. The highest BCUT2D eigenvalue weighted by atomic mass is 28.3. The van der Waals surface area contributed by atoms with Crippen molar-refractivity contribution < 1.29 is 4.80 Å². The predicted molar refractivity (Wildman–Crippen MR) is 67.3 cm³/mol. The van der Waals surface area contributed by atoms with E-state index in [-0.39, 0.29) is 0 Å². The topological polar surface area (TPSA) is 20.2 Å². The molecule has 1 rings (SSSR count). The van der Waals surface area contributed by atoms with E-state index in [0.717, 1.165) is 24.9 Å². The largest absolute Gasteiger partial charge is 0.431 e. The van der Waals surface area contributed by atoms with E-state index in [1.165, 1.54) is 18.4 Å². The number of hydrogen-bond acceptors (Lipinski definition) is 1. The molecular weight excluding hydrogens is 200 g/mol. The van der Waals surface area contributed by atoms with E-state index in [0.29, 0.717) is 0 Å². The van der Waals surface area contributed by atoms with Gasteiger partial charge in [0.25, 0.3) is 0 Å². The third-order valence-electron chi connectivity index (χ3n) is 2.59. The van der Waals surface area contributed by atoms with E-state index in [2.05, 4.69) is 31.2 Å². The minimum atomic E-state index is -1.02. The first-order chi connectivity index (χ1) is 7.33. The quantitative estimate of drug-likeness (QED) is 0.700. The second-order valence-electron chi connectivity index (χ2n) is 4.01. The number of rotatable bonds is 7. The van der Waals surface area contributed by atoms with Crippen molar-refractivity contribution in [3.63, 3.8) is 0 Å². The van der Waals surface area contributed by atoms with Crippen molar-refractivity contribution in [2.24, 2.45) is 0 Å². The lowest BCUT2D eigenvalue weighted by molar-refractivity contribution is 0.555. The first-order valence-corrected chi connectivity index (χ1v) is 7.76. The van der Waals surface area contributed by atoms with E-state index in [1.807, 2.05) is 6.07 Å². The fourth-order valence-electron chi connectivity index (χ4n) is 1.65. The van der Waals surface area contributed by atoms with E-state index >= 15 is 0 Å². The summed E-state index contributed by atoms with van der Waals surface area (Å²) in [4.78, 5) is 9.76. The third-order valence-corrected chi connectivity index (χ3v) is 4.45. The lowest BCUT2D eigenvalue weighted by Gasteiger charge is -2.06. The molecule has 0 atom stereocenters. The van der Waals surface area contributed by atoms with Gasteiger partial charge < -0.3 is 4.80 Å². The molecule has 1 nitrogen and oxygen atoms in total. The Bertz CT molecular complexity index is 248. The zero-order valence-corrected chi connectivity index (χ0v) is 10.6. The Labute approximate surface area is 94.9 Å². The van der Waals surface area contributed by atoms with Gasteiger partial charge in [0.15, 0.2) is 0 Å². The summed E-state index contributed by atoms with van der Waals surface area (Å²) in [5.41, 5.74) is 1.39. The molecule has 1 aromatic rings. The fourth-order valence-corrected chi connectivity index (χ4v) is 3.24. The minimum Gasteiger partial charge on any atom is -0.431 e.